The van der Waals surface area contributed by atoms with Gasteiger partial charge in [0.2, 0.25) is 0 Å². The molecule has 0 bridgehead atoms. The van der Waals surface area contributed by atoms with Crippen LogP contribution in [0.3, 0.4) is 0 Å². The number of urea groups is 1. The van der Waals surface area contributed by atoms with Crippen molar-refractivity contribution in [3.05, 3.63) is 12.2 Å². The smallest absolute Gasteiger partial charge is 0.317 e. The highest BCUT2D eigenvalue weighted by Gasteiger charge is 2.21. The maximum absolute atomic E-state index is 12.0. The summed E-state index contributed by atoms with van der Waals surface area (Å²) in [5, 5.41) is 18.0. The average molecular weight is 269 g/mol. The number of carboxylic acid groups (broad SMARTS) is 1. The number of nitrogens with one attached hydrogen (secondary N) is 2. The summed E-state index contributed by atoms with van der Waals surface area (Å²) in [7, 11) is 0. The molecule has 8 heteroatoms. The van der Waals surface area contributed by atoms with Crippen LogP contribution in [0.2, 0.25) is 0 Å². The number of aromatic nitrogens is 3. The lowest BCUT2D eigenvalue weighted by atomic mass is 10.2. The van der Waals surface area contributed by atoms with Crippen molar-refractivity contribution in [2.45, 2.75) is 26.8 Å². The molecule has 0 aliphatic rings. The molecule has 0 aromatic carbocycles. The van der Waals surface area contributed by atoms with E-state index in [1.807, 2.05) is 0 Å². The fourth-order valence-electron chi connectivity index (χ4n) is 1.53. The second kappa shape index (κ2) is 6.72. The van der Waals surface area contributed by atoms with E-state index < -0.39 is 11.9 Å². The molecule has 0 spiro atoms. The van der Waals surface area contributed by atoms with Crippen molar-refractivity contribution >= 4 is 12.0 Å². The van der Waals surface area contributed by atoms with Gasteiger partial charge in [0.1, 0.15) is 12.2 Å². The van der Waals surface area contributed by atoms with Crippen LogP contribution >= 0.6 is 0 Å². The second-order valence-corrected chi connectivity index (χ2v) is 4.32. The largest absolute Gasteiger partial charge is 0.481 e. The molecule has 0 radical (unpaired) electrons. The van der Waals surface area contributed by atoms with E-state index in [0.29, 0.717) is 12.4 Å². The summed E-state index contributed by atoms with van der Waals surface area (Å²) in [6.45, 7) is 5.74. The molecule has 106 valence electrons. The predicted molar refractivity (Wildman–Crippen MR) is 67.4 cm³/mol. The van der Waals surface area contributed by atoms with Gasteiger partial charge >= 0.3 is 12.0 Å². The zero-order chi connectivity index (χ0) is 14.4. The molecule has 3 N–H and O–H groups in total. The molecule has 0 saturated heterocycles. The van der Waals surface area contributed by atoms with Gasteiger partial charge in [-0.05, 0) is 13.8 Å². The third-order valence-electron chi connectivity index (χ3n) is 2.77. The Morgan fingerprint density at radius 3 is 2.68 bits per heavy atom. The van der Waals surface area contributed by atoms with Crippen molar-refractivity contribution in [2.24, 2.45) is 5.92 Å². The van der Waals surface area contributed by atoms with Crippen molar-refractivity contribution in [1.82, 2.24) is 25.4 Å². The van der Waals surface area contributed by atoms with Crippen LogP contribution in [-0.4, -0.2) is 50.3 Å². The minimum Gasteiger partial charge on any atom is -0.481 e. The van der Waals surface area contributed by atoms with Gasteiger partial charge in [0.15, 0.2) is 0 Å². The topological polar surface area (TPSA) is 111 Å². The summed E-state index contributed by atoms with van der Waals surface area (Å²) in [6, 6.07) is -0.635. The van der Waals surface area contributed by atoms with Gasteiger partial charge in [0, 0.05) is 13.1 Å². The Morgan fingerprint density at radius 1 is 1.53 bits per heavy atom. The van der Waals surface area contributed by atoms with Crippen molar-refractivity contribution < 1.29 is 14.7 Å². The third kappa shape index (κ3) is 4.23. The molecule has 2 amide bonds. The molecule has 8 nitrogen and oxygen atoms in total. The Bertz CT molecular complexity index is 420. The molecule has 0 saturated carbocycles. The van der Waals surface area contributed by atoms with Crippen LogP contribution in [0, 0.1) is 5.92 Å². The first-order chi connectivity index (χ1) is 8.95. The number of rotatable bonds is 6. The zero-order valence-electron chi connectivity index (χ0n) is 11.3. The predicted octanol–water partition coefficient (Wildman–Crippen LogP) is 0.618. The SMILES string of the molecule is CCN(CC(C)C(=O)O)C(=O)NC(C)c1ncn[nH]1. The Morgan fingerprint density at radius 2 is 2.21 bits per heavy atom. The van der Waals surface area contributed by atoms with Crippen molar-refractivity contribution in [3.63, 3.8) is 0 Å². The Balaban J connectivity index is 2.56. The number of carbonyl (C=O) groups is 2. The number of H-pyrrole nitrogens is 1. The van der Waals surface area contributed by atoms with E-state index in [0.717, 1.165) is 0 Å². The number of hydrogen-bond donors (Lipinski definition) is 3. The summed E-state index contributed by atoms with van der Waals surface area (Å²) >= 11 is 0. The normalized spacial score (nSPS) is 13.6. The molecule has 0 aliphatic carbocycles. The van der Waals surface area contributed by atoms with E-state index in [4.69, 9.17) is 5.11 Å². The second-order valence-electron chi connectivity index (χ2n) is 4.32. The summed E-state index contributed by atoms with van der Waals surface area (Å²) in [4.78, 5) is 28.2. The van der Waals surface area contributed by atoms with Crippen LogP contribution in [0.25, 0.3) is 0 Å². The fourth-order valence-corrected chi connectivity index (χ4v) is 1.53. The number of amides is 2. The standard InChI is InChI=1S/C11H19N5O3/c1-4-16(5-7(2)10(17)18)11(19)14-8(3)9-12-6-13-15-9/h6-8H,4-5H2,1-3H3,(H,14,19)(H,17,18)(H,12,13,15). The molecule has 0 aliphatic heterocycles. The molecule has 1 rings (SSSR count). The monoisotopic (exact) mass is 269 g/mol. The number of hydrogen-bond acceptors (Lipinski definition) is 4. The fraction of sp³-hybridized carbons (Fsp3) is 0.636. The number of carbonyl (C=O) groups excluding carboxylic acids is 1. The number of aliphatic carboxylic acids is 1. The molecule has 2 unspecified atom stereocenters. The molecule has 1 heterocycles. The van der Waals surface area contributed by atoms with Crippen LogP contribution in [0.4, 0.5) is 4.79 Å². The van der Waals surface area contributed by atoms with Gasteiger partial charge in [-0.25, -0.2) is 9.78 Å². The summed E-state index contributed by atoms with van der Waals surface area (Å²) in [5.41, 5.74) is 0. The molecular weight excluding hydrogens is 250 g/mol. The van der Waals surface area contributed by atoms with E-state index >= 15 is 0 Å². The Hall–Kier alpha value is -2.12. The molecule has 1 aromatic heterocycles. The van der Waals surface area contributed by atoms with E-state index in [1.54, 1.807) is 20.8 Å². The van der Waals surface area contributed by atoms with Gasteiger partial charge in [-0.2, -0.15) is 5.10 Å². The third-order valence-corrected chi connectivity index (χ3v) is 2.77. The molecule has 1 aromatic rings. The minimum absolute atomic E-state index is 0.167. The first-order valence-electron chi connectivity index (χ1n) is 6.09. The van der Waals surface area contributed by atoms with Gasteiger partial charge in [-0.15, -0.1) is 0 Å². The van der Waals surface area contributed by atoms with Crippen molar-refractivity contribution in [1.29, 1.82) is 0 Å². The molecule has 19 heavy (non-hydrogen) atoms. The van der Waals surface area contributed by atoms with Crippen LogP contribution in [-0.2, 0) is 4.79 Å². The van der Waals surface area contributed by atoms with E-state index in [1.165, 1.54) is 11.2 Å². The Labute approximate surface area is 111 Å². The van der Waals surface area contributed by atoms with Crippen LogP contribution < -0.4 is 5.32 Å². The Kier molecular flexibility index (Phi) is 5.28. The van der Waals surface area contributed by atoms with E-state index in [2.05, 4.69) is 20.5 Å². The van der Waals surface area contributed by atoms with Crippen LogP contribution in [0.5, 0.6) is 0 Å². The van der Waals surface area contributed by atoms with E-state index in [9.17, 15) is 9.59 Å². The minimum atomic E-state index is -0.922. The van der Waals surface area contributed by atoms with Crippen molar-refractivity contribution in [3.8, 4) is 0 Å². The van der Waals surface area contributed by atoms with Gasteiger partial charge in [-0.3, -0.25) is 9.89 Å². The molecular formula is C11H19N5O3. The van der Waals surface area contributed by atoms with Crippen LogP contribution in [0.15, 0.2) is 6.33 Å². The van der Waals surface area contributed by atoms with E-state index in [-0.39, 0.29) is 18.6 Å². The van der Waals surface area contributed by atoms with Crippen molar-refractivity contribution in [2.75, 3.05) is 13.1 Å². The zero-order valence-corrected chi connectivity index (χ0v) is 11.3. The van der Waals surface area contributed by atoms with Gasteiger partial charge in [0.25, 0.3) is 0 Å². The molecule has 0 fully saturated rings. The lowest BCUT2D eigenvalue weighted by Gasteiger charge is -2.24. The number of aromatic amines is 1. The lowest BCUT2D eigenvalue weighted by Crippen LogP contribution is -2.44. The highest BCUT2D eigenvalue weighted by atomic mass is 16.4. The quantitative estimate of drug-likeness (QED) is 0.701. The van der Waals surface area contributed by atoms with Gasteiger partial charge < -0.3 is 15.3 Å². The number of nitrogens with zero attached hydrogens (tertiary/aromatic N) is 3. The maximum Gasteiger partial charge on any atom is 0.317 e. The summed E-state index contributed by atoms with van der Waals surface area (Å²) in [6.07, 6.45) is 1.36. The molecule has 2 atom stereocenters. The lowest BCUT2D eigenvalue weighted by molar-refractivity contribution is -0.141. The first kappa shape index (κ1) is 14.9. The van der Waals surface area contributed by atoms with Gasteiger partial charge in [-0.1, -0.05) is 6.92 Å². The summed E-state index contributed by atoms with van der Waals surface area (Å²) in [5.74, 6) is -0.975. The first-order valence-corrected chi connectivity index (χ1v) is 6.09. The summed E-state index contributed by atoms with van der Waals surface area (Å²) < 4.78 is 0. The highest BCUT2D eigenvalue weighted by molar-refractivity contribution is 5.76. The highest BCUT2D eigenvalue weighted by Crippen LogP contribution is 2.07. The van der Waals surface area contributed by atoms with Gasteiger partial charge in [0.05, 0.1) is 12.0 Å². The number of carboxylic acids is 1. The van der Waals surface area contributed by atoms with Crippen LogP contribution in [0.1, 0.15) is 32.6 Å². The average Bonchev–Trinajstić information content (AvgIpc) is 2.88. The maximum atomic E-state index is 12.0.